The van der Waals surface area contributed by atoms with E-state index in [1.807, 2.05) is 41.6 Å². The predicted molar refractivity (Wildman–Crippen MR) is 77.2 cm³/mol. The lowest BCUT2D eigenvalue weighted by atomic mass is 10.3. The number of rotatable bonds is 2. The number of nitrogens with zero attached hydrogens (tertiary/aromatic N) is 5. The van der Waals surface area contributed by atoms with Crippen LogP contribution in [0.2, 0.25) is 0 Å². The molecule has 0 aliphatic rings. The van der Waals surface area contributed by atoms with Gasteiger partial charge in [0, 0.05) is 26.5 Å². The van der Waals surface area contributed by atoms with Crippen molar-refractivity contribution < 1.29 is 0 Å². The third-order valence-electron chi connectivity index (χ3n) is 2.89. The molecule has 0 bridgehead atoms. The monoisotopic (exact) mass is 271 g/mol. The summed E-state index contributed by atoms with van der Waals surface area (Å²) >= 11 is 1.62. The van der Waals surface area contributed by atoms with Crippen molar-refractivity contribution >= 4 is 27.8 Å². The molecule has 0 atom stereocenters. The predicted octanol–water partition coefficient (Wildman–Crippen LogP) is 1.91. The molecule has 0 N–H and O–H groups in total. The Bertz CT molecular complexity index is 806. The highest BCUT2D eigenvalue weighted by Gasteiger charge is 2.00. The minimum Gasteiger partial charge on any atom is -0.333 e. The number of aryl methyl sites for hydroxylation is 2. The summed E-state index contributed by atoms with van der Waals surface area (Å²) in [6, 6.07) is 8.21. The molecule has 6 heteroatoms. The van der Waals surface area contributed by atoms with Gasteiger partial charge in [-0.05, 0) is 12.1 Å². The molecule has 0 unspecified atom stereocenters. The van der Waals surface area contributed by atoms with E-state index in [9.17, 15) is 0 Å². The van der Waals surface area contributed by atoms with Crippen LogP contribution < -0.4 is 4.80 Å². The fraction of sp³-hybridized carbons (Fsp3) is 0.154. The third kappa shape index (κ3) is 2.22. The first kappa shape index (κ1) is 11.9. The summed E-state index contributed by atoms with van der Waals surface area (Å²) in [5, 5.41) is 8.36. The van der Waals surface area contributed by atoms with Crippen LogP contribution in [-0.4, -0.2) is 20.3 Å². The Morgan fingerprint density at radius 2 is 2.11 bits per heavy atom. The van der Waals surface area contributed by atoms with Crippen LogP contribution in [0.15, 0.2) is 46.9 Å². The molecule has 2 aromatic heterocycles. The highest BCUT2D eigenvalue weighted by atomic mass is 32.1. The zero-order valence-corrected chi connectivity index (χ0v) is 11.5. The number of para-hydroxylation sites is 1. The second kappa shape index (κ2) is 4.81. The SMILES string of the molecule is Cn1ccnc1C=N/N=c1\sc2ccccc2n1C. The van der Waals surface area contributed by atoms with Crippen molar-refractivity contribution in [3.05, 3.63) is 47.3 Å². The quantitative estimate of drug-likeness (QED) is 0.519. The van der Waals surface area contributed by atoms with Crippen LogP contribution in [0.4, 0.5) is 0 Å². The molecule has 19 heavy (non-hydrogen) atoms. The van der Waals surface area contributed by atoms with Gasteiger partial charge in [-0.15, -0.1) is 5.10 Å². The van der Waals surface area contributed by atoms with Crippen molar-refractivity contribution in [3.8, 4) is 0 Å². The highest BCUT2D eigenvalue weighted by molar-refractivity contribution is 7.16. The average molecular weight is 271 g/mol. The summed E-state index contributed by atoms with van der Waals surface area (Å²) in [5.74, 6) is 0.785. The van der Waals surface area contributed by atoms with Crippen molar-refractivity contribution in [1.29, 1.82) is 0 Å². The van der Waals surface area contributed by atoms with Crippen LogP contribution >= 0.6 is 11.3 Å². The first-order chi connectivity index (χ1) is 9.25. The second-order valence-electron chi connectivity index (χ2n) is 4.15. The molecule has 3 rings (SSSR count). The van der Waals surface area contributed by atoms with Gasteiger partial charge in [-0.2, -0.15) is 5.10 Å². The van der Waals surface area contributed by atoms with Crippen molar-refractivity contribution in [2.45, 2.75) is 0 Å². The number of benzene rings is 1. The van der Waals surface area contributed by atoms with E-state index in [1.54, 1.807) is 23.7 Å². The summed E-state index contributed by atoms with van der Waals surface area (Å²) in [6.07, 6.45) is 5.27. The number of hydrogen-bond donors (Lipinski definition) is 0. The normalized spacial score (nSPS) is 12.8. The maximum absolute atomic E-state index is 4.26. The third-order valence-corrected chi connectivity index (χ3v) is 3.99. The van der Waals surface area contributed by atoms with Crippen molar-refractivity contribution in [3.63, 3.8) is 0 Å². The highest BCUT2D eigenvalue weighted by Crippen LogP contribution is 2.14. The average Bonchev–Trinajstić information content (AvgIpc) is 2.96. The van der Waals surface area contributed by atoms with Gasteiger partial charge < -0.3 is 9.13 Å². The fourth-order valence-corrected chi connectivity index (χ4v) is 2.79. The van der Waals surface area contributed by atoms with Crippen molar-refractivity contribution in [1.82, 2.24) is 14.1 Å². The smallest absolute Gasteiger partial charge is 0.211 e. The summed E-state index contributed by atoms with van der Waals surface area (Å²) in [5.41, 5.74) is 1.17. The van der Waals surface area contributed by atoms with E-state index >= 15 is 0 Å². The number of imidazole rings is 1. The maximum atomic E-state index is 4.26. The van der Waals surface area contributed by atoms with Crippen LogP contribution in [0.25, 0.3) is 10.2 Å². The first-order valence-electron chi connectivity index (χ1n) is 5.84. The Morgan fingerprint density at radius 3 is 2.84 bits per heavy atom. The van der Waals surface area contributed by atoms with Crippen LogP contribution in [0.1, 0.15) is 5.82 Å². The molecule has 0 amide bonds. The van der Waals surface area contributed by atoms with Gasteiger partial charge in [-0.1, -0.05) is 23.5 Å². The summed E-state index contributed by atoms with van der Waals surface area (Å²) in [4.78, 5) is 5.03. The summed E-state index contributed by atoms with van der Waals surface area (Å²) in [7, 11) is 3.92. The topological polar surface area (TPSA) is 47.5 Å². The summed E-state index contributed by atoms with van der Waals surface area (Å²) < 4.78 is 5.13. The molecule has 1 aromatic carbocycles. The maximum Gasteiger partial charge on any atom is 0.211 e. The van der Waals surface area contributed by atoms with Gasteiger partial charge in [0.2, 0.25) is 4.80 Å². The van der Waals surface area contributed by atoms with Gasteiger partial charge in [0.15, 0.2) is 5.82 Å². The van der Waals surface area contributed by atoms with E-state index in [1.165, 1.54) is 10.2 Å². The molecule has 0 aliphatic carbocycles. The van der Waals surface area contributed by atoms with Crippen molar-refractivity contribution in [2.24, 2.45) is 24.3 Å². The number of hydrogen-bond acceptors (Lipinski definition) is 4. The van der Waals surface area contributed by atoms with E-state index in [0.29, 0.717) is 0 Å². The van der Waals surface area contributed by atoms with E-state index < -0.39 is 0 Å². The molecule has 0 radical (unpaired) electrons. The molecule has 0 saturated heterocycles. The Balaban J connectivity index is 2.00. The Morgan fingerprint density at radius 1 is 1.26 bits per heavy atom. The standard InChI is InChI=1S/C13H13N5S/c1-17-8-7-14-12(17)9-15-16-13-18(2)10-5-3-4-6-11(10)19-13/h3-9H,1-2H3/b15-9?,16-13-. The number of aromatic nitrogens is 3. The molecule has 96 valence electrons. The molecule has 2 heterocycles. The van der Waals surface area contributed by atoms with Crippen LogP contribution in [0.3, 0.4) is 0 Å². The van der Waals surface area contributed by atoms with Gasteiger partial charge in [-0.3, -0.25) is 0 Å². The van der Waals surface area contributed by atoms with Gasteiger partial charge in [0.1, 0.15) is 0 Å². The van der Waals surface area contributed by atoms with E-state index in [-0.39, 0.29) is 0 Å². The van der Waals surface area contributed by atoms with E-state index in [2.05, 4.69) is 27.3 Å². The lowest BCUT2D eigenvalue weighted by Gasteiger charge is -1.92. The van der Waals surface area contributed by atoms with Crippen LogP contribution in [0, 0.1) is 0 Å². The Hall–Kier alpha value is -2.21. The van der Waals surface area contributed by atoms with Gasteiger partial charge >= 0.3 is 0 Å². The zero-order valence-electron chi connectivity index (χ0n) is 10.7. The Labute approximate surface area is 114 Å². The molecule has 5 nitrogen and oxygen atoms in total. The zero-order chi connectivity index (χ0) is 13.2. The Kier molecular flexibility index (Phi) is 3.00. The molecule has 3 aromatic rings. The second-order valence-corrected chi connectivity index (χ2v) is 5.16. The molecule has 0 fully saturated rings. The minimum absolute atomic E-state index is 0.785. The lowest BCUT2D eigenvalue weighted by molar-refractivity contribution is 0.882. The van der Waals surface area contributed by atoms with Crippen LogP contribution in [0.5, 0.6) is 0 Å². The fourth-order valence-electron chi connectivity index (χ4n) is 1.81. The number of thiazole rings is 1. The molecule has 0 spiro atoms. The van der Waals surface area contributed by atoms with Gasteiger partial charge in [0.25, 0.3) is 0 Å². The first-order valence-corrected chi connectivity index (χ1v) is 6.66. The van der Waals surface area contributed by atoms with E-state index in [0.717, 1.165) is 10.6 Å². The molecular weight excluding hydrogens is 258 g/mol. The summed E-state index contributed by atoms with van der Waals surface area (Å²) in [6.45, 7) is 0. The van der Waals surface area contributed by atoms with E-state index in [4.69, 9.17) is 0 Å². The molecule has 0 aliphatic heterocycles. The molecule has 0 saturated carbocycles. The van der Waals surface area contributed by atoms with Crippen molar-refractivity contribution in [2.75, 3.05) is 0 Å². The molecular formula is C13H13N5S. The van der Waals surface area contributed by atoms with Gasteiger partial charge in [0.05, 0.1) is 16.4 Å². The van der Waals surface area contributed by atoms with Gasteiger partial charge in [-0.25, -0.2) is 4.98 Å². The number of fused-ring (bicyclic) bond motifs is 1. The lowest BCUT2D eigenvalue weighted by Crippen LogP contribution is -2.09. The minimum atomic E-state index is 0.785. The largest absolute Gasteiger partial charge is 0.333 e. The van der Waals surface area contributed by atoms with Crippen LogP contribution in [-0.2, 0) is 14.1 Å².